The maximum Gasteiger partial charge on any atom is 0.321 e. The van der Waals surface area contributed by atoms with Gasteiger partial charge in [0.1, 0.15) is 6.54 Å². The SMILES string of the molecule is O=C(CNS(=O)(=O)/C=C\c1ccccc1)OCC(=O)N(C1CCCCC1)C1CCCCC1. The molecule has 176 valence electrons. The number of rotatable bonds is 9. The van der Waals surface area contributed by atoms with Crippen LogP contribution in [0.3, 0.4) is 0 Å². The largest absolute Gasteiger partial charge is 0.455 e. The van der Waals surface area contributed by atoms with Gasteiger partial charge < -0.3 is 9.64 Å². The number of hydrogen-bond donors (Lipinski definition) is 1. The van der Waals surface area contributed by atoms with Crippen LogP contribution in [0, 0.1) is 0 Å². The summed E-state index contributed by atoms with van der Waals surface area (Å²) in [6.07, 6.45) is 12.4. The third-order valence-electron chi connectivity index (χ3n) is 6.24. The summed E-state index contributed by atoms with van der Waals surface area (Å²) in [4.78, 5) is 27.1. The fourth-order valence-corrected chi connectivity index (χ4v) is 5.38. The van der Waals surface area contributed by atoms with Crippen LogP contribution in [0.25, 0.3) is 6.08 Å². The second-order valence-corrected chi connectivity index (χ2v) is 10.3. The number of ether oxygens (including phenoxy) is 1. The highest BCUT2D eigenvalue weighted by Crippen LogP contribution is 2.30. The summed E-state index contributed by atoms with van der Waals surface area (Å²) in [5.74, 6) is -0.925. The number of hydrogen-bond acceptors (Lipinski definition) is 5. The number of nitrogens with one attached hydrogen (secondary N) is 1. The zero-order valence-corrected chi connectivity index (χ0v) is 19.4. The van der Waals surface area contributed by atoms with Crippen molar-refractivity contribution in [3.63, 3.8) is 0 Å². The van der Waals surface area contributed by atoms with E-state index in [4.69, 9.17) is 4.74 Å². The molecule has 1 aromatic carbocycles. The number of nitrogens with zero attached hydrogens (tertiary/aromatic N) is 1. The zero-order chi connectivity index (χ0) is 22.8. The van der Waals surface area contributed by atoms with Gasteiger partial charge in [0, 0.05) is 17.5 Å². The second-order valence-electron chi connectivity index (χ2n) is 8.62. The highest BCUT2D eigenvalue weighted by molar-refractivity contribution is 7.92. The zero-order valence-electron chi connectivity index (χ0n) is 18.6. The Balaban J connectivity index is 1.49. The van der Waals surface area contributed by atoms with Crippen molar-refractivity contribution in [3.05, 3.63) is 41.3 Å². The molecule has 1 N–H and O–H groups in total. The molecule has 1 aromatic rings. The quantitative estimate of drug-likeness (QED) is 0.566. The van der Waals surface area contributed by atoms with E-state index in [-0.39, 0.29) is 24.6 Å². The van der Waals surface area contributed by atoms with Crippen LogP contribution in [-0.4, -0.2) is 50.4 Å². The Morgan fingerprint density at radius 1 is 0.938 bits per heavy atom. The molecule has 2 saturated carbocycles. The number of amides is 1. The molecule has 0 aromatic heterocycles. The molecule has 2 fully saturated rings. The number of sulfonamides is 1. The fraction of sp³-hybridized carbons (Fsp3) is 0.583. The molecular formula is C24H34N2O5S. The molecule has 2 aliphatic carbocycles. The van der Waals surface area contributed by atoms with Crippen molar-refractivity contribution in [1.29, 1.82) is 0 Å². The first-order chi connectivity index (χ1) is 15.4. The molecule has 3 rings (SSSR count). The van der Waals surface area contributed by atoms with Gasteiger partial charge in [0.05, 0.1) is 0 Å². The highest BCUT2D eigenvalue weighted by Gasteiger charge is 2.32. The molecule has 0 unspecified atom stereocenters. The predicted octanol–water partition coefficient (Wildman–Crippen LogP) is 3.61. The van der Waals surface area contributed by atoms with E-state index in [1.165, 1.54) is 18.9 Å². The van der Waals surface area contributed by atoms with Gasteiger partial charge in [0.2, 0.25) is 10.0 Å². The summed E-state index contributed by atoms with van der Waals surface area (Å²) >= 11 is 0. The highest BCUT2D eigenvalue weighted by atomic mass is 32.2. The third-order valence-corrected chi connectivity index (χ3v) is 7.28. The van der Waals surface area contributed by atoms with Crippen molar-refractivity contribution < 1.29 is 22.7 Å². The average molecular weight is 463 g/mol. The molecule has 32 heavy (non-hydrogen) atoms. The normalized spacial score (nSPS) is 18.5. The molecule has 1 amide bonds. The van der Waals surface area contributed by atoms with Gasteiger partial charge in [-0.25, -0.2) is 13.1 Å². The predicted molar refractivity (Wildman–Crippen MR) is 124 cm³/mol. The van der Waals surface area contributed by atoms with Crippen LogP contribution in [0.1, 0.15) is 69.8 Å². The van der Waals surface area contributed by atoms with E-state index in [1.54, 1.807) is 24.3 Å². The summed E-state index contributed by atoms with van der Waals surface area (Å²) in [7, 11) is -3.79. The Kier molecular flexibility index (Phi) is 9.29. The van der Waals surface area contributed by atoms with Crippen molar-refractivity contribution in [3.8, 4) is 0 Å². The lowest BCUT2D eigenvalue weighted by Crippen LogP contribution is -2.50. The van der Waals surface area contributed by atoms with Crippen LogP contribution in [0.15, 0.2) is 35.7 Å². The minimum Gasteiger partial charge on any atom is -0.455 e. The van der Waals surface area contributed by atoms with Crippen LogP contribution >= 0.6 is 0 Å². The monoisotopic (exact) mass is 462 g/mol. The maximum absolute atomic E-state index is 13.0. The van der Waals surface area contributed by atoms with Gasteiger partial charge in [-0.3, -0.25) is 9.59 Å². The van der Waals surface area contributed by atoms with Gasteiger partial charge in [-0.1, -0.05) is 68.9 Å². The first kappa shape index (κ1) is 24.5. The summed E-state index contributed by atoms with van der Waals surface area (Å²) in [6, 6.07) is 9.44. The minimum atomic E-state index is -3.79. The molecule has 0 heterocycles. The Hall–Kier alpha value is -2.19. The molecule has 0 saturated heterocycles. The molecule has 0 radical (unpaired) electrons. The lowest BCUT2D eigenvalue weighted by atomic mass is 9.88. The van der Waals surface area contributed by atoms with E-state index in [9.17, 15) is 18.0 Å². The molecule has 0 atom stereocenters. The van der Waals surface area contributed by atoms with Crippen LogP contribution in [0.2, 0.25) is 0 Å². The van der Waals surface area contributed by atoms with Crippen LogP contribution < -0.4 is 4.72 Å². The fourth-order valence-electron chi connectivity index (χ4n) is 4.63. The van der Waals surface area contributed by atoms with Crippen molar-refractivity contribution >= 4 is 28.0 Å². The lowest BCUT2D eigenvalue weighted by Gasteiger charge is -2.41. The van der Waals surface area contributed by atoms with Gasteiger partial charge in [0.15, 0.2) is 6.61 Å². The molecule has 2 aliphatic rings. The van der Waals surface area contributed by atoms with Crippen molar-refractivity contribution in [2.75, 3.05) is 13.2 Å². The molecular weight excluding hydrogens is 428 g/mol. The topological polar surface area (TPSA) is 92.8 Å². The summed E-state index contributed by atoms with van der Waals surface area (Å²) < 4.78 is 31.5. The van der Waals surface area contributed by atoms with E-state index in [0.717, 1.165) is 62.3 Å². The van der Waals surface area contributed by atoms with Crippen molar-refractivity contribution in [2.45, 2.75) is 76.3 Å². The van der Waals surface area contributed by atoms with Crippen molar-refractivity contribution in [1.82, 2.24) is 9.62 Å². The minimum absolute atomic E-state index is 0.163. The average Bonchev–Trinajstić information content (AvgIpc) is 2.82. The van der Waals surface area contributed by atoms with E-state index in [2.05, 4.69) is 4.72 Å². The first-order valence-electron chi connectivity index (χ1n) is 11.6. The second kappa shape index (κ2) is 12.2. The van der Waals surface area contributed by atoms with Gasteiger partial charge in [0.25, 0.3) is 5.91 Å². The van der Waals surface area contributed by atoms with E-state index in [1.807, 2.05) is 11.0 Å². The Morgan fingerprint density at radius 2 is 1.50 bits per heavy atom. The third kappa shape index (κ3) is 7.74. The molecule has 8 heteroatoms. The van der Waals surface area contributed by atoms with Gasteiger partial charge in [-0.2, -0.15) is 0 Å². The smallest absolute Gasteiger partial charge is 0.321 e. The van der Waals surface area contributed by atoms with Crippen LogP contribution in [0.5, 0.6) is 0 Å². The van der Waals surface area contributed by atoms with Gasteiger partial charge in [-0.15, -0.1) is 0 Å². The van der Waals surface area contributed by atoms with Crippen LogP contribution in [0.4, 0.5) is 0 Å². The van der Waals surface area contributed by atoms with Crippen molar-refractivity contribution in [2.24, 2.45) is 0 Å². The molecule has 7 nitrogen and oxygen atoms in total. The Labute approximate surface area is 191 Å². The Bertz CT molecular complexity index is 855. The first-order valence-corrected chi connectivity index (χ1v) is 13.2. The van der Waals surface area contributed by atoms with E-state index in [0.29, 0.717) is 0 Å². The van der Waals surface area contributed by atoms with Gasteiger partial charge >= 0.3 is 5.97 Å². The summed E-state index contributed by atoms with van der Waals surface area (Å²) in [5.41, 5.74) is 0.733. The van der Waals surface area contributed by atoms with Crippen LogP contribution in [-0.2, 0) is 24.3 Å². The summed E-state index contributed by atoms with van der Waals surface area (Å²) in [5, 5.41) is 1.01. The Morgan fingerprint density at radius 3 is 2.06 bits per heavy atom. The number of esters is 1. The number of benzene rings is 1. The molecule has 0 spiro atoms. The van der Waals surface area contributed by atoms with E-state index < -0.39 is 22.5 Å². The number of carbonyl (C=O) groups excluding carboxylic acids is 2. The number of carbonyl (C=O) groups is 2. The summed E-state index contributed by atoms with van der Waals surface area (Å²) in [6.45, 7) is -0.852. The van der Waals surface area contributed by atoms with E-state index >= 15 is 0 Å². The standard InChI is InChI=1S/C24H34N2O5S/c27-23(26(21-12-6-2-7-13-21)22-14-8-3-9-15-22)19-31-24(28)18-25-32(29,30)17-16-20-10-4-1-5-11-20/h1,4-5,10-11,16-17,21-22,25H,2-3,6-9,12-15,18-19H2/b17-16-. The molecule has 0 aliphatic heterocycles. The van der Waals surface area contributed by atoms with Gasteiger partial charge in [-0.05, 0) is 37.3 Å². The lowest BCUT2D eigenvalue weighted by molar-refractivity contribution is -0.154. The molecule has 0 bridgehead atoms. The maximum atomic E-state index is 13.0.